The van der Waals surface area contributed by atoms with Gasteiger partial charge in [-0.15, -0.1) is 0 Å². The van der Waals surface area contributed by atoms with Crippen LogP contribution in [0.15, 0.2) is 0 Å². The van der Waals surface area contributed by atoms with Gasteiger partial charge in [-0.1, -0.05) is 19.8 Å². The average Bonchev–Trinajstić information content (AvgIpc) is 3.32. The van der Waals surface area contributed by atoms with Gasteiger partial charge in [0.2, 0.25) is 0 Å². The van der Waals surface area contributed by atoms with Crippen LogP contribution in [0.2, 0.25) is 0 Å². The average molecular weight is 280 g/mol. The summed E-state index contributed by atoms with van der Waals surface area (Å²) in [6, 6.07) is 1.65. The molecule has 1 saturated heterocycles. The normalized spacial score (nSPS) is 36.1. The van der Waals surface area contributed by atoms with E-state index < -0.39 is 0 Å². The second kappa shape index (κ2) is 7.24. The third-order valence-electron chi connectivity index (χ3n) is 5.41. The Morgan fingerprint density at radius 2 is 1.90 bits per heavy atom. The Bertz CT molecular complexity index is 285. The summed E-state index contributed by atoms with van der Waals surface area (Å²) in [4.78, 5) is 2.65. The van der Waals surface area contributed by atoms with Crippen molar-refractivity contribution in [2.75, 3.05) is 26.2 Å². The van der Waals surface area contributed by atoms with Crippen molar-refractivity contribution in [1.29, 1.82) is 0 Å². The van der Waals surface area contributed by atoms with E-state index in [2.05, 4.69) is 17.1 Å². The molecule has 2 saturated carbocycles. The van der Waals surface area contributed by atoms with Gasteiger partial charge in [0, 0.05) is 31.7 Å². The van der Waals surface area contributed by atoms with E-state index in [1.54, 1.807) is 0 Å². The molecule has 3 rings (SSSR count). The summed E-state index contributed by atoms with van der Waals surface area (Å²) in [5.41, 5.74) is 0. The second-order valence-corrected chi connectivity index (χ2v) is 7.13. The van der Waals surface area contributed by atoms with E-state index in [9.17, 15) is 0 Å². The highest BCUT2D eigenvalue weighted by Crippen LogP contribution is 2.29. The van der Waals surface area contributed by atoms with Gasteiger partial charge in [0.25, 0.3) is 0 Å². The fraction of sp³-hybridized carbons (Fsp3) is 1.00. The molecule has 0 aromatic rings. The maximum Gasteiger partial charge on any atom is 0.0826 e. The molecular formula is C17H32N2O. The van der Waals surface area contributed by atoms with Crippen LogP contribution in [-0.2, 0) is 4.74 Å². The minimum Gasteiger partial charge on any atom is -0.374 e. The standard InChI is InChI=1S/C17H32N2O/c1-2-3-14-4-6-15(7-5-14)18-12-17-13-19(10-11-20-17)16-8-9-16/h14-18H,2-13H2,1H3. The smallest absolute Gasteiger partial charge is 0.0826 e. The molecule has 3 fully saturated rings. The van der Waals surface area contributed by atoms with Crippen molar-refractivity contribution in [3.05, 3.63) is 0 Å². The van der Waals surface area contributed by atoms with E-state index in [4.69, 9.17) is 4.74 Å². The Kier molecular flexibility index (Phi) is 5.36. The molecule has 1 aliphatic heterocycles. The maximum atomic E-state index is 5.93. The van der Waals surface area contributed by atoms with E-state index in [0.717, 1.165) is 44.2 Å². The number of hydrogen-bond donors (Lipinski definition) is 1. The van der Waals surface area contributed by atoms with Crippen LogP contribution in [-0.4, -0.2) is 49.3 Å². The maximum absolute atomic E-state index is 5.93. The summed E-state index contributed by atoms with van der Waals surface area (Å²) in [6.07, 6.45) is 11.7. The predicted octanol–water partition coefficient (Wildman–Crippen LogP) is 2.80. The fourth-order valence-electron chi connectivity index (χ4n) is 4.00. The van der Waals surface area contributed by atoms with Crippen LogP contribution in [0.3, 0.4) is 0 Å². The number of nitrogens with one attached hydrogen (secondary N) is 1. The molecule has 20 heavy (non-hydrogen) atoms. The van der Waals surface area contributed by atoms with Gasteiger partial charge in [-0.2, -0.15) is 0 Å². The summed E-state index contributed by atoms with van der Waals surface area (Å²) in [5, 5.41) is 3.78. The Morgan fingerprint density at radius 1 is 1.10 bits per heavy atom. The Morgan fingerprint density at radius 3 is 2.60 bits per heavy atom. The summed E-state index contributed by atoms with van der Waals surface area (Å²) in [5.74, 6) is 1.01. The van der Waals surface area contributed by atoms with Crippen LogP contribution in [0.1, 0.15) is 58.3 Å². The van der Waals surface area contributed by atoms with E-state index in [1.165, 1.54) is 51.4 Å². The van der Waals surface area contributed by atoms with Crippen LogP contribution in [0.25, 0.3) is 0 Å². The molecule has 116 valence electrons. The van der Waals surface area contributed by atoms with Crippen molar-refractivity contribution in [1.82, 2.24) is 10.2 Å². The van der Waals surface area contributed by atoms with Gasteiger partial charge in [0.1, 0.15) is 0 Å². The van der Waals surface area contributed by atoms with E-state index in [-0.39, 0.29) is 0 Å². The van der Waals surface area contributed by atoms with Crippen LogP contribution >= 0.6 is 0 Å². The summed E-state index contributed by atoms with van der Waals surface area (Å²) >= 11 is 0. The Hall–Kier alpha value is -0.120. The fourth-order valence-corrected chi connectivity index (χ4v) is 4.00. The monoisotopic (exact) mass is 280 g/mol. The van der Waals surface area contributed by atoms with Crippen LogP contribution in [0.5, 0.6) is 0 Å². The molecule has 1 heterocycles. The summed E-state index contributed by atoms with van der Waals surface area (Å²) < 4.78 is 5.93. The van der Waals surface area contributed by atoms with Crippen LogP contribution in [0.4, 0.5) is 0 Å². The van der Waals surface area contributed by atoms with Crippen molar-refractivity contribution in [2.24, 2.45) is 5.92 Å². The Balaban J connectivity index is 1.33. The largest absolute Gasteiger partial charge is 0.374 e. The lowest BCUT2D eigenvalue weighted by Crippen LogP contribution is -2.49. The zero-order valence-corrected chi connectivity index (χ0v) is 13.2. The van der Waals surface area contributed by atoms with E-state index in [1.807, 2.05) is 0 Å². The molecule has 0 bridgehead atoms. The van der Waals surface area contributed by atoms with E-state index in [0.29, 0.717) is 6.10 Å². The minimum absolute atomic E-state index is 0.428. The highest BCUT2D eigenvalue weighted by molar-refractivity contribution is 4.88. The number of morpholine rings is 1. The first-order valence-corrected chi connectivity index (χ1v) is 8.94. The third kappa shape index (κ3) is 4.19. The first-order chi connectivity index (χ1) is 9.85. The van der Waals surface area contributed by atoms with Gasteiger partial charge < -0.3 is 10.1 Å². The molecule has 2 aliphatic carbocycles. The molecule has 0 aromatic carbocycles. The number of nitrogens with zero attached hydrogens (tertiary/aromatic N) is 1. The topological polar surface area (TPSA) is 24.5 Å². The Labute approximate surface area is 124 Å². The SMILES string of the molecule is CCCC1CCC(NCC2CN(C3CC3)CCO2)CC1. The van der Waals surface area contributed by atoms with Gasteiger partial charge in [0.05, 0.1) is 12.7 Å². The highest BCUT2D eigenvalue weighted by atomic mass is 16.5. The van der Waals surface area contributed by atoms with Crippen molar-refractivity contribution < 1.29 is 4.74 Å². The quantitative estimate of drug-likeness (QED) is 0.810. The molecule has 0 aromatic heterocycles. The lowest BCUT2D eigenvalue weighted by molar-refractivity contribution is -0.0316. The van der Waals surface area contributed by atoms with Crippen molar-refractivity contribution in [2.45, 2.75) is 76.5 Å². The summed E-state index contributed by atoms with van der Waals surface area (Å²) in [7, 11) is 0. The molecular weight excluding hydrogens is 248 g/mol. The molecule has 1 unspecified atom stereocenters. The van der Waals surface area contributed by atoms with Gasteiger partial charge in [-0.25, -0.2) is 0 Å². The molecule has 0 amide bonds. The zero-order valence-electron chi connectivity index (χ0n) is 13.2. The highest BCUT2D eigenvalue weighted by Gasteiger charge is 2.33. The van der Waals surface area contributed by atoms with Gasteiger partial charge >= 0.3 is 0 Å². The van der Waals surface area contributed by atoms with E-state index >= 15 is 0 Å². The minimum atomic E-state index is 0.428. The molecule has 1 atom stereocenters. The molecule has 3 aliphatic rings. The van der Waals surface area contributed by atoms with Crippen molar-refractivity contribution in [3.63, 3.8) is 0 Å². The third-order valence-corrected chi connectivity index (χ3v) is 5.41. The molecule has 0 spiro atoms. The lowest BCUT2D eigenvalue weighted by Gasteiger charge is -2.35. The van der Waals surface area contributed by atoms with Crippen molar-refractivity contribution >= 4 is 0 Å². The van der Waals surface area contributed by atoms with Crippen molar-refractivity contribution in [3.8, 4) is 0 Å². The lowest BCUT2D eigenvalue weighted by atomic mass is 9.83. The molecule has 1 N–H and O–H groups in total. The molecule has 3 nitrogen and oxygen atoms in total. The predicted molar refractivity (Wildman–Crippen MR) is 83.0 cm³/mol. The number of ether oxygens (including phenoxy) is 1. The van der Waals surface area contributed by atoms with Crippen LogP contribution < -0.4 is 5.32 Å². The first-order valence-electron chi connectivity index (χ1n) is 8.94. The molecule has 0 radical (unpaired) electrons. The molecule has 3 heteroatoms. The number of rotatable bonds is 6. The van der Waals surface area contributed by atoms with Gasteiger partial charge in [-0.05, 0) is 44.4 Å². The first kappa shape index (κ1) is 14.8. The van der Waals surface area contributed by atoms with Gasteiger partial charge in [-0.3, -0.25) is 4.90 Å². The number of hydrogen-bond acceptors (Lipinski definition) is 3. The second-order valence-electron chi connectivity index (χ2n) is 7.13. The van der Waals surface area contributed by atoms with Crippen LogP contribution in [0, 0.1) is 5.92 Å². The van der Waals surface area contributed by atoms with Gasteiger partial charge in [0.15, 0.2) is 0 Å². The summed E-state index contributed by atoms with van der Waals surface area (Å²) in [6.45, 7) is 6.63. The zero-order chi connectivity index (χ0) is 13.8.